The van der Waals surface area contributed by atoms with Gasteiger partial charge in [0.2, 0.25) is 10.0 Å². The van der Waals surface area contributed by atoms with Gasteiger partial charge in [-0.3, -0.25) is 0 Å². The van der Waals surface area contributed by atoms with Crippen LogP contribution < -0.4 is 0 Å². The molecule has 1 heterocycles. The number of hydrogen-bond donors (Lipinski definition) is 0. The van der Waals surface area contributed by atoms with Crippen LogP contribution in [0.1, 0.15) is 6.92 Å². The lowest BCUT2D eigenvalue weighted by Gasteiger charge is -2.31. The summed E-state index contributed by atoms with van der Waals surface area (Å²) in [7, 11) is -1.75. The van der Waals surface area contributed by atoms with E-state index in [9.17, 15) is 8.42 Å². The molecule has 1 unspecified atom stereocenters. The first-order valence-electron chi connectivity index (χ1n) is 4.01. The molecule has 74 valence electrons. The monoisotopic (exact) mass is 203 g/mol. The Morgan fingerprint density at radius 1 is 1.62 bits per heavy atom. The Kier molecular flexibility index (Phi) is 2.96. The van der Waals surface area contributed by atoms with Crippen LogP contribution in [0.2, 0.25) is 0 Å². The summed E-state index contributed by atoms with van der Waals surface area (Å²) in [6.45, 7) is 2.24. The van der Waals surface area contributed by atoms with Gasteiger partial charge in [-0.1, -0.05) is 5.92 Å². The molecule has 1 saturated heterocycles. The molecule has 1 aliphatic rings. The van der Waals surface area contributed by atoms with Crippen LogP contribution >= 0.6 is 0 Å². The molecular formula is C8H13NO3S. The van der Waals surface area contributed by atoms with Crippen molar-refractivity contribution in [1.82, 2.24) is 4.31 Å². The zero-order chi connectivity index (χ0) is 10.1. The van der Waals surface area contributed by atoms with E-state index in [-0.39, 0.29) is 13.2 Å². The second-order valence-electron chi connectivity index (χ2n) is 3.06. The van der Waals surface area contributed by atoms with Gasteiger partial charge in [0.25, 0.3) is 0 Å². The number of hydrogen-bond acceptors (Lipinski definition) is 3. The minimum Gasteiger partial charge on any atom is -0.378 e. The second kappa shape index (κ2) is 3.66. The van der Waals surface area contributed by atoms with Gasteiger partial charge in [0.1, 0.15) is 5.25 Å². The maximum absolute atomic E-state index is 11.7. The number of terminal acetylenes is 1. The molecule has 1 atom stereocenters. The lowest BCUT2D eigenvalue weighted by molar-refractivity contribution is 0.0393. The van der Waals surface area contributed by atoms with Gasteiger partial charge in [-0.25, -0.2) is 8.42 Å². The van der Waals surface area contributed by atoms with E-state index in [4.69, 9.17) is 11.2 Å². The van der Waals surface area contributed by atoms with Gasteiger partial charge in [0.15, 0.2) is 0 Å². The molecule has 0 radical (unpaired) electrons. The smallest absolute Gasteiger partial charge is 0.222 e. The molecule has 4 nitrogen and oxygen atoms in total. The summed E-state index contributed by atoms with van der Waals surface area (Å²) in [5, 5.41) is -0.409. The molecule has 0 amide bonds. The molecular weight excluding hydrogens is 190 g/mol. The molecule has 0 aromatic rings. The molecule has 0 saturated carbocycles. The van der Waals surface area contributed by atoms with Crippen molar-refractivity contribution in [2.75, 3.05) is 20.3 Å². The minimum atomic E-state index is -3.25. The molecule has 13 heavy (non-hydrogen) atoms. The van der Waals surface area contributed by atoms with E-state index in [0.717, 1.165) is 0 Å². The molecule has 0 bridgehead atoms. The van der Waals surface area contributed by atoms with E-state index in [1.54, 1.807) is 6.92 Å². The van der Waals surface area contributed by atoms with E-state index < -0.39 is 21.3 Å². The van der Waals surface area contributed by atoms with Gasteiger partial charge in [-0.2, -0.15) is 4.31 Å². The highest BCUT2D eigenvalue weighted by Crippen LogP contribution is 2.16. The first-order valence-corrected chi connectivity index (χ1v) is 5.51. The Bertz CT molecular complexity index is 313. The van der Waals surface area contributed by atoms with Crippen LogP contribution in [0.15, 0.2) is 0 Å². The fraction of sp³-hybridized carbons (Fsp3) is 0.750. The lowest BCUT2D eigenvalue weighted by Crippen LogP contribution is -2.49. The van der Waals surface area contributed by atoms with Crippen molar-refractivity contribution in [3.8, 4) is 12.3 Å². The Morgan fingerprint density at radius 2 is 2.15 bits per heavy atom. The Morgan fingerprint density at radius 3 is 2.46 bits per heavy atom. The maximum atomic E-state index is 11.7. The number of rotatable bonds is 3. The van der Waals surface area contributed by atoms with Crippen LogP contribution in [0.25, 0.3) is 0 Å². The average molecular weight is 203 g/mol. The molecule has 0 N–H and O–H groups in total. The van der Waals surface area contributed by atoms with Gasteiger partial charge in [0.05, 0.1) is 19.3 Å². The minimum absolute atomic E-state index is 0.282. The molecule has 5 heteroatoms. The van der Waals surface area contributed by atoms with Crippen molar-refractivity contribution in [2.45, 2.75) is 18.2 Å². The van der Waals surface area contributed by atoms with E-state index in [1.807, 2.05) is 0 Å². The number of nitrogens with zero attached hydrogens (tertiary/aromatic N) is 1. The van der Waals surface area contributed by atoms with Crippen molar-refractivity contribution >= 4 is 10.0 Å². The Balaban J connectivity index is 2.75. The fourth-order valence-electron chi connectivity index (χ4n) is 0.947. The van der Waals surface area contributed by atoms with Gasteiger partial charge < -0.3 is 4.74 Å². The van der Waals surface area contributed by atoms with Crippen molar-refractivity contribution in [2.24, 2.45) is 0 Å². The van der Waals surface area contributed by atoms with Crippen LogP contribution in [-0.2, 0) is 14.8 Å². The van der Waals surface area contributed by atoms with Crippen molar-refractivity contribution < 1.29 is 13.2 Å². The zero-order valence-electron chi connectivity index (χ0n) is 7.73. The van der Waals surface area contributed by atoms with E-state index in [2.05, 4.69) is 5.92 Å². The van der Waals surface area contributed by atoms with Crippen LogP contribution in [0.4, 0.5) is 0 Å². The topological polar surface area (TPSA) is 46.6 Å². The van der Waals surface area contributed by atoms with E-state index in [0.29, 0.717) is 0 Å². The standard InChI is InChI=1S/C8H13NO3S/c1-4-7(2)9(3)13(10,11)8-5-12-6-8/h1,7-8H,5-6H2,2-3H3. The highest BCUT2D eigenvalue weighted by Gasteiger charge is 2.37. The molecule has 0 aromatic carbocycles. The highest BCUT2D eigenvalue weighted by atomic mass is 32.2. The number of ether oxygens (including phenoxy) is 1. The van der Waals surface area contributed by atoms with Crippen molar-refractivity contribution in [1.29, 1.82) is 0 Å². The molecule has 0 aromatic heterocycles. The average Bonchev–Trinajstić information content (AvgIpc) is 1.97. The first kappa shape index (κ1) is 10.5. The molecule has 0 aliphatic carbocycles. The normalized spacial score (nSPS) is 20.8. The summed E-state index contributed by atoms with van der Waals surface area (Å²) in [6.07, 6.45) is 5.14. The predicted octanol–water partition coefficient (Wildman–Crippen LogP) is -0.332. The summed E-state index contributed by atoms with van der Waals surface area (Å²) in [5.41, 5.74) is 0. The van der Waals surface area contributed by atoms with Crippen LogP contribution in [0, 0.1) is 12.3 Å². The Labute approximate surface area is 78.9 Å². The molecule has 1 rings (SSSR count). The SMILES string of the molecule is C#CC(C)N(C)S(=O)(=O)C1COC1. The van der Waals surface area contributed by atoms with Crippen molar-refractivity contribution in [3.63, 3.8) is 0 Å². The largest absolute Gasteiger partial charge is 0.378 e. The fourth-order valence-corrected chi connectivity index (χ4v) is 2.45. The van der Waals surface area contributed by atoms with Gasteiger partial charge in [-0.15, -0.1) is 6.42 Å². The zero-order valence-corrected chi connectivity index (χ0v) is 8.54. The first-order chi connectivity index (χ1) is 6.00. The highest BCUT2D eigenvalue weighted by molar-refractivity contribution is 7.89. The third-order valence-electron chi connectivity index (χ3n) is 2.22. The summed E-state index contributed by atoms with van der Waals surface area (Å²) >= 11 is 0. The summed E-state index contributed by atoms with van der Waals surface area (Å²) in [4.78, 5) is 0. The third-order valence-corrected chi connectivity index (χ3v) is 4.45. The van der Waals surface area contributed by atoms with Crippen LogP contribution in [-0.4, -0.2) is 44.3 Å². The van der Waals surface area contributed by atoms with Gasteiger partial charge >= 0.3 is 0 Å². The maximum Gasteiger partial charge on any atom is 0.222 e. The summed E-state index contributed by atoms with van der Waals surface area (Å²) < 4.78 is 29.4. The van der Waals surface area contributed by atoms with Crippen LogP contribution in [0.5, 0.6) is 0 Å². The lowest BCUT2D eigenvalue weighted by atomic mass is 10.4. The van der Waals surface area contributed by atoms with E-state index in [1.165, 1.54) is 11.4 Å². The van der Waals surface area contributed by atoms with E-state index >= 15 is 0 Å². The molecule has 1 aliphatic heterocycles. The molecule has 0 spiro atoms. The van der Waals surface area contributed by atoms with Crippen LogP contribution in [0.3, 0.4) is 0 Å². The quantitative estimate of drug-likeness (QED) is 0.590. The number of sulfonamides is 1. The summed E-state index contributed by atoms with van der Waals surface area (Å²) in [6, 6.07) is -0.398. The molecule has 1 fully saturated rings. The van der Waals surface area contributed by atoms with Gasteiger partial charge in [-0.05, 0) is 6.92 Å². The van der Waals surface area contributed by atoms with Gasteiger partial charge in [0, 0.05) is 7.05 Å². The third kappa shape index (κ3) is 1.85. The predicted molar refractivity (Wildman–Crippen MR) is 49.6 cm³/mol. The summed E-state index contributed by atoms with van der Waals surface area (Å²) in [5.74, 6) is 2.38. The second-order valence-corrected chi connectivity index (χ2v) is 5.34. The Hall–Kier alpha value is -0.570. The van der Waals surface area contributed by atoms with Crippen molar-refractivity contribution in [3.05, 3.63) is 0 Å².